The maximum absolute atomic E-state index is 5.80. The topological polar surface area (TPSA) is 38.9 Å². The van der Waals surface area contributed by atoms with Crippen LogP contribution in [-0.2, 0) is 5.41 Å². The zero-order valence-corrected chi connectivity index (χ0v) is 10.3. The molecule has 1 heterocycles. The molecule has 0 atom stereocenters. The minimum absolute atomic E-state index is 0.490. The number of nitrogens with two attached hydrogens (primary N) is 1. The predicted octanol–water partition coefficient (Wildman–Crippen LogP) is 3.19. The lowest BCUT2D eigenvalue weighted by atomic mass is 9.49. The van der Waals surface area contributed by atoms with Gasteiger partial charge in [0.2, 0.25) is 0 Å². The summed E-state index contributed by atoms with van der Waals surface area (Å²) in [7, 11) is 0. The molecule has 2 nitrogen and oxygen atoms in total. The lowest BCUT2D eigenvalue weighted by Gasteiger charge is -2.56. The molecule has 86 valence electrons. The molecule has 4 aliphatic carbocycles. The van der Waals surface area contributed by atoms with Crippen LogP contribution in [-0.4, -0.2) is 4.37 Å². The van der Waals surface area contributed by atoms with Crippen molar-refractivity contribution in [2.24, 2.45) is 17.8 Å². The summed E-state index contributed by atoms with van der Waals surface area (Å²) in [5.41, 5.74) is 6.29. The summed E-state index contributed by atoms with van der Waals surface area (Å²) in [5.74, 6) is 3.76. The van der Waals surface area contributed by atoms with Crippen molar-refractivity contribution < 1.29 is 0 Å². The van der Waals surface area contributed by atoms with Gasteiger partial charge in [-0.1, -0.05) is 0 Å². The first kappa shape index (κ1) is 9.46. The fraction of sp³-hybridized carbons (Fsp3) is 0.769. The smallest absolute Gasteiger partial charge is 0.137 e. The Labute approximate surface area is 100 Å². The molecule has 0 aromatic carbocycles. The third kappa shape index (κ3) is 1.21. The largest absolute Gasteiger partial charge is 0.383 e. The summed E-state index contributed by atoms with van der Waals surface area (Å²) < 4.78 is 4.29. The number of nitrogens with zero attached hydrogens (tertiary/aromatic N) is 1. The first-order valence-electron chi connectivity index (χ1n) is 6.46. The normalized spacial score (nSPS) is 45.1. The second-order valence-corrected chi connectivity index (χ2v) is 7.12. The lowest BCUT2D eigenvalue weighted by Crippen LogP contribution is -2.48. The van der Waals surface area contributed by atoms with Crippen LogP contribution in [0.2, 0.25) is 0 Å². The standard InChI is InChI=1S/C13H18N2S/c14-12-4-11(16-15-12)13-5-8-1-9(6-13)3-10(2-8)7-13/h4,8-10H,1-3,5-7H2,(H2,14,15). The van der Waals surface area contributed by atoms with Gasteiger partial charge in [0, 0.05) is 10.3 Å². The molecule has 4 fully saturated rings. The molecule has 0 amide bonds. The van der Waals surface area contributed by atoms with Crippen LogP contribution >= 0.6 is 11.5 Å². The van der Waals surface area contributed by atoms with Gasteiger partial charge in [-0.3, -0.25) is 0 Å². The Morgan fingerprint density at radius 2 is 1.69 bits per heavy atom. The first-order chi connectivity index (χ1) is 7.73. The molecular weight excluding hydrogens is 216 g/mol. The van der Waals surface area contributed by atoms with Crippen molar-refractivity contribution >= 4 is 17.4 Å². The van der Waals surface area contributed by atoms with Gasteiger partial charge in [-0.25, -0.2) is 0 Å². The molecule has 1 aromatic heterocycles. The molecule has 0 aliphatic heterocycles. The van der Waals surface area contributed by atoms with Crippen LogP contribution in [0.5, 0.6) is 0 Å². The Morgan fingerprint density at radius 3 is 2.12 bits per heavy atom. The molecule has 4 saturated carbocycles. The summed E-state index contributed by atoms with van der Waals surface area (Å²) in [6, 6.07) is 2.15. The van der Waals surface area contributed by atoms with Crippen molar-refractivity contribution in [3.63, 3.8) is 0 Å². The molecule has 4 bridgehead atoms. The van der Waals surface area contributed by atoms with Gasteiger partial charge in [-0.05, 0) is 73.9 Å². The van der Waals surface area contributed by atoms with Crippen LogP contribution in [0.15, 0.2) is 6.07 Å². The molecule has 1 aromatic rings. The number of hydrogen-bond acceptors (Lipinski definition) is 3. The zero-order chi connectivity index (χ0) is 10.8. The molecule has 0 spiro atoms. The van der Waals surface area contributed by atoms with Gasteiger partial charge in [0.25, 0.3) is 0 Å². The molecule has 3 heteroatoms. The van der Waals surface area contributed by atoms with Crippen molar-refractivity contribution in [1.82, 2.24) is 4.37 Å². The summed E-state index contributed by atoms with van der Waals surface area (Å²) in [5, 5.41) is 0. The number of aromatic nitrogens is 1. The second kappa shape index (κ2) is 3.00. The van der Waals surface area contributed by atoms with E-state index in [1.807, 2.05) is 0 Å². The van der Waals surface area contributed by atoms with E-state index in [-0.39, 0.29) is 0 Å². The Balaban J connectivity index is 1.76. The molecule has 5 rings (SSSR count). The van der Waals surface area contributed by atoms with Gasteiger partial charge < -0.3 is 5.73 Å². The quantitative estimate of drug-likeness (QED) is 0.810. The summed E-state index contributed by atoms with van der Waals surface area (Å²) in [4.78, 5) is 1.49. The highest BCUT2D eigenvalue weighted by Gasteiger charge is 2.52. The van der Waals surface area contributed by atoms with E-state index in [0.29, 0.717) is 5.41 Å². The van der Waals surface area contributed by atoms with Gasteiger partial charge in [-0.2, -0.15) is 4.37 Å². The molecule has 0 radical (unpaired) electrons. The van der Waals surface area contributed by atoms with E-state index in [2.05, 4.69) is 10.4 Å². The first-order valence-corrected chi connectivity index (χ1v) is 7.23. The second-order valence-electron chi connectivity index (χ2n) is 6.31. The van der Waals surface area contributed by atoms with Crippen molar-refractivity contribution in [2.45, 2.75) is 43.9 Å². The third-order valence-corrected chi connectivity index (χ3v) is 6.14. The minimum Gasteiger partial charge on any atom is -0.383 e. The fourth-order valence-electron chi connectivity index (χ4n) is 4.95. The van der Waals surface area contributed by atoms with E-state index in [9.17, 15) is 0 Å². The molecule has 2 N–H and O–H groups in total. The van der Waals surface area contributed by atoms with Crippen molar-refractivity contribution in [3.8, 4) is 0 Å². The van der Waals surface area contributed by atoms with E-state index in [0.717, 1.165) is 23.6 Å². The van der Waals surface area contributed by atoms with Crippen molar-refractivity contribution in [1.29, 1.82) is 0 Å². The predicted molar refractivity (Wildman–Crippen MR) is 66.4 cm³/mol. The molecule has 16 heavy (non-hydrogen) atoms. The van der Waals surface area contributed by atoms with Crippen LogP contribution in [0.3, 0.4) is 0 Å². The van der Waals surface area contributed by atoms with Gasteiger partial charge in [0.05, 0.1) is 0 Å². The van der Waals surface area contributed by atoms with Gasteiger partial charge >= 0.3 is 0 Å². The van der Waals surface area contributed by atoms with Gasteiger partial charge in [-0.15, -0.1) is 0 Å². The SMILES string of the molecule is Nc1cc(C23CC4CC(CC(C4)C2)C3)sn1. The zero-order valence-electron chi connectivity index (χ0n) is 9.48. The van der Waals surface area contributed by atoms with Crippen LogP contribution in [0.25, 0.3) is 0 Å². The summed E-state index contributed by atoms with van der Waals surface area (Å²) in [6.45, 7) is 0. The molecule has 4 aliphatic rings. The minimum atomic E-state index is 0.490. The average molecular weight is 234 g/mol. The Hall–Kier alpha value is -0.570. The monoisotopic (exact) mass is 234 g/mol. The lowest BCUT2D eigenvalue weighted by molar-refractivity contribution is -0.00346. The van der Waals surface area contributed by atoms with E-state index in [1.54, 1.807) is 11.5 Å². The van der Waals surface area contributed by atoms with Crippen LogP contribution in [0.1, 0.15) is 43.4 Å². The maximum atomic E-state index is 5.80. The highest BCUT2D eigenvalue weighted by atomic mass is 32.1. The van der Waals surface area contributed by atoms with Crippen molar-refractivity contribution in [2.75, 3.05) is 5.73 Å². The Morgan fingerprint density at radius 1 is 1.12 bits per heavy atom. The fourth-order valence-corrected chi connectivity index (χ4v) is 5.82. The number of nitrogen functional groups attached to an aromatic ring is 1. The van der Waals surface area contributed by atoms with Crippen molar-refractivity contribution in [3.05, 3.63) is 10.9 Å². The summed E-state index contributed by atoms with van der Waals surface area (Å²) in [6.07, 6.45) is 8.77. The van der Waals surface area contributed by atoms with E-state index >= 15 is 0 Å². The highest BCUT2D eigenvalue weighted by Crippen LogP contribution is 2.61. The average Bonchev–Trinajstić information content (AvgIpc) is 2.63. The summed E-state index contributed by atoms with van der Waals surface area (Å²) >= 11 is 1.66. The maximum Gasteiger partial charge on any atom is 0.137 e. The molecular formula is C13H18N2S. The highest BCUT2D eigenvalue weighted by molar-refractivity contribution is 7.06. The van der Waals surface area contributed by atoms with Gasteiger partial charge in [0.15, 0.2) is 0 Å². The van der Waals surface area contributed by atoms with Crippen LogP contribution in [0.4, 0.5) is 5.82 Å². The van der Waals surface area contributed by atoms with Crippen LogP contribution in [0, 0.1) is 17.8 Å². The Kier molecular flexibility index (Phi) is 1.78. The van der Waals surface area contributed by atoms with E-state index < -0.39 is 0 Å². The number of hydrogen-bond donors (Lipinski definition) is 1. The van der Waals surface area contributed by atoms with E-state index in [1.165, 1.54) is 43.4 Å². The molecule has 0 saturated heterocycles. The number of rotatable bonds is 1. The third-order valence-electron chi connectivity index (χ3n) is 5.09. The van der Waals surface area contributed by atoms with Crippen LogP contribution < -0.4 is 5.73 Å². The number of anilines is 1. The van der Waals surface area contributed by atoms with E-state index in [4.69, 9.17) is 5.73 Å². The Bertz CT molecular complexity index is 388. The molecule has 0 unspecified atom stereocenters. The van der Waals surface area contributed by atoms with Gasteiger partial charge in [0.1, 0.15) is 5.82 Å².